The fraction of sp³-hybridized carbons (Fsp3) is 0.0870. The zero-order valence-electron chi connectivity index (χ0n) is 34.9. The van der Waals surface area contributed by atoms with Crippen LogP contribution in [0.3, 0.4) is 0 Å². The van der Waals surface area contributed by atoms with E-state index in [0.29, 0.717) is 81.7 Å². The Hall–Kier alpha value is -2.20. The molecule has 2 unspecified atom stereocenters. The van der Waals surface area contributed by atoms with Gasteiger partial charge in [0.05, 0.1) is 58.7 Å². The molecule has 0 saturated carbocycles. The SMILES string of the molecule is C=CSc1c(F)c(SC=C)c(SC=C)c(OC(C)Oc2c(SC=C)c(SC=C)c(OC(C)Oc3c(SC=C)c(SC=C)c(F)c(SC=C)c3SC=C)c(SC=C)c2SC=C)c1SC=C. The van der Waals surface area contributed by atoms with Crippen molar-refractivity contribution in [1.82, 2.24) is 0 Å². The highest BCUT2D eigenvalue weighted by Gasteiger charge is 2.33. The highest BCUT2D eigenvalue weighted by molar-refractivity contribution is 8.08. The van der Waals surface area contributed by atoms with Gasteiger partial charge in [0.25, 0.3) is 0 Å². The number of hydrogen-bond acceptors (Lipinski definition) is 16. The minimum Gasteiger partial charge on any atom is -0.453 e. The Morgan fingerprint density at radius 3 is 0.547 bits per heavy atom. The van der Waals surface area contributed by atoms with E-state index in [2.05, 4.69) is 78.9 Å². The Balaban J connectivity index is 2.38. The van der Waals surface area contributed by atoms with E-state index in [1.807, 2.05) is 0 Å². The summed E-state index contributed by atoms with van der Waals surface area (Å²) in [6, 6.07) is 0. The largest absolute Gasteiger partial charge is 0.453 e. The van der Waals surface area contributed by atoms with Crippen molar-refractivity contribution < 1.29 is 27.7 Å². The van der Waals surface area contributed by atoms with Crippen molar-refractivity contribution in [1.29, 1.82) is 0 Å². The second kappa shape index (κ2) is 29.5. The van der Waals surface area contributed by atoms with E-state index in [9.17, 15) is 0 Å². The lowest BCUT2D eigenvalue weighted by molar-refractivity contribution is 0.00567. The van der Waals surface area contributed by atoms with Crippen molar-refractivity contribution in [3.8, 4) is 23.0 Å². The number of thioether (sulfide) groups is 12. The van der Waals surface area contributed by atoms with Gasteiger partial charge in [0.15, 0.2) is 34.6 Å². The standard InChI is InChI=1S/C46H44F2O4S12/c1-15-53-35-29(47)36(54-16-2)40(58-20-6)31(39(35)57-19-5)49-27(13)51-33-43(61-23-9)45(63-25-11)34(46(64-26-12)44(33)62-24-10)52-28(14)50-32-41(59-21-7)37(55-17-3)30(48)38(56-18-4)42(32)60-22-8/h15-28H,1-12H2,13-14H3. The second-order valence-corrected chi connectivity index (χ2v) is 22.6. The molecule has 0 heterocycles. The van der Waals surface area contributed by atoms with Crippen LogP contribution in [0.25, 0.3) is 0 Å². The number of ether oxygens (including phenoxy) is 4. The van der Waals surface area contributed by atoms with Crippen molar-refractivity contribution >= 4 is 141 Å². The monoisotopic (exact) mass is 1080 g/mol. The predicted molar refractivity (Wildman–Crippen MR) is 293 cm³/mol. The lowest BCUT2D eigenvalue weighted by Crippen LogP contribution is -2.23. The zero-order chi connectivity index (χ0) is 47.3. The topological polar surface area (TPSA) is 36.9 Å². The molecule has 2 atom stereocenters. The summed E-state index contributed by atoms with van der Waals surface area (Å²) in [5.41, 5.74) is 0. The minimum absolute atomic E-state index is 0.315. The van der Waals surface area contributed by atoms with E-state index < -0.39 is 24.2 Å². The van der Waals surface area contributed by atoms with Gasteiger partial charge in [-0.25, -0.2) is 8.78 Å². The zero-order valence-corrected chi connectivity index (χ0v) is 44.7. The maximum Gasteiger partial charge on any atom is 0.238 e. The molecule has 0 aromatic heterocycles. The Morgan fingerprint density at radius 1 is 0.281 bits per heavy atom. The van der Waals surface area contributed by atoms with Crippen LogP contribution in [0.5, 0.6) is 23.0 Å². The molecule has 4 nitrogen and oxygen atoms in total. The highest BCUT2D eigenvalue weighted by Crippen LogP contribution is 2.58. The van der Waals surface area contributed by atoms with E-state index in [4.69, 9.17) is 18.9 Å². The van der Waals surface area contributed by atoms with Gasteiger partial charge in [0.2, 0.25) is 12.6 Å². The number of halogens is 2. The van der Waals surface area contributed by atoms with Crippen LogP contribution in [0.2, 0.25) is 0 Å². The van der Waals surface area contributed by atoms with Crippen molar-refractivity contribution in [2.75, 3.05) is 0 Å². The molecule has 3 aromatic carbocycles. The Bertz CT molecular complexity index is 2020. The molecule has 0 aliphatic rings. The number of rotatable bonds is 32. The molecule has 0 bridgehead atoms. The molecule has 0 spiro atoms. The van der Waals surface area contributed by atoms with E-state index >= 15 is 8.78 Å². The molecule has 3 aromatic rings. The number of hydrogen-bond donors (Lipinski definition) is 0. The first-order valence-electron chi connectivity index (χ1n) is 18.0. The van der Waals surface area contributed by atoms with Gasteiger partial charge in [-0.15, -0.1) is 0 Å². The first kappa shape index (κ1) is 56.1. The van der Waals surface area contributed by atoms with Gasteiger partial charge in [-0.1, -0.05) is 220 Å². The molecule has 0 aliphatic heterocycles. The van der Waals surface area contributed by atoms with Gasteiger partial charge in [-0.05, 0) is 64.9 Å². The van der Waals surface area contributed by atoms with E-state index in [0.717, 1.165) is 47.0 Å². The second-order valence-electron chi connectivity index (χ2n) is 10.9. The summed E-state index contributed by atoms with van der Waals surface area (Å²) < 4.78 is 59.6. The fourth-order valence-corrected chi connectivity index (χ4v) is 14.6. The molecular weight excluding hydrogens is 1040 g/mol. The Kier molecular flexibility index (Phi) is 25.9. The summed E-state index contributed by atoms with van der Waals surface area (Å²) in [5.74, 6) is 0.718. The molecular formula is C46H44F2O4S12. The van der Waals surface area contributed by atoms with Gasteiger partial charge in [0.1, 0.15) is 0 Å². The first-order chi connectivity index (χ1) is 31.0. The molecule has 338 valence electrons. The van der Waals surface area contributed by atoms with Gasteiger partial charge in [-0.2, -0.15) is 0 Å². The molecule has 18 heteroatoms. The van der Waals surface area contributed by atoms with Gasteiger partial charge < -0.3 is 18.9 Å². The number of benzene rings is 3. The van der Waals surface area contributed by atoms with E-state index in [1.165, 1.54) is 94.1 Å². The van der Waals surface area contributed by atoms with Crippen LogP contribution in [-0.4, -0.2) is 12.6 Å². The quantitative estimate of drug-likeness (QED) is 0.0439. The third-order valence-corrected chi connectivity index (χ3v) is 17.5. The predicted octanol–water partition coefficient (Wildman–Crippen LogP) is 20.4. The summed E-state index contributed by atoms with van der Waals surface area (Å²) in [5, 5.41) is 19.3. The molecule has 0 amide bonds. The maximum absolute atomic E-state index is 16.2. The lowest BCUT2D eigenvalue weighted by Gasteiger charge is -2.29. The molecule has 64 heavy (non-hydrogen) atoms. The lowest BCUT2D eigenvalue weighted by atomic mass is 10.3. The summed E-state index contributed by atoms with van der Waals surface area (Å²) in [6.45, 7) is 50.6. The summed E-state index contributed by atoms with van der Waals surface area (Å²) in [6.07, 6.45) is -1.95. The Labute approximate surface area is 428 Å². The van der Waals surface area contributed by atoms with Crippen molar-refractivity contribution in [2.24, 2.45) is 0 Å². The molecule has 0 radical (unpaired) electrons. The Morgan fingerprint density at radius 2 is 0.406 bits per heavy atom. The van der Waals surface area contributed by atoms with Gasteiger partial charge in [-0.3, -0.25) is 0 Å². The smallest absolute Gasteiger partial charge is 0.238 e. The molecule has 3 rings (SSSR count). The minimum atomic E-state index is -0.974. The van der Waals surface area contributed by atoms with Crippen molar-refractivity contribution in [3.63, 3.8) is 0 Å². The van der Waals surface area contributed by atoms with E-state index in [-0.39, 0.29) is 0 Å². The molecule has 0 N–H and O–H groups in total. The molecule has 0 aliphatic carbocycles. The normalized spacial score (nSPS) is 11.6. The maximum atomic E-state index is 16.2. The van der Waals surface area contributed by atoms with Gasteiger partial charge in [0, 0.05) is 13.8 Å². The van der Waals surface area contributed by atoms with E-state index in [1.54, 1.807) is 78.7 Å². The van der Waals surface area contributed by atoms with Crippen LogP contribution in [0.1, 0.15) is 13.8 Å². The van der Waals surface area contributed by atoms with Crippen LogP contribution in [0.4, 0.5) is 8.78 Å². The average molecular weight is 1080 g/mol. The van der Waals surface area contributed by atoms with Crippen LogP contribution in [0, 0.1) is 11.6 Å². The van der Waals surface area contributed by atoms with Crippen molar-refractivity contribution in [3.05, 3.63) is 155 Å². The average Bonchev–Trinajstić information content (AvgIpc) is 3.26. The molecule has 0 saturated heterocycles. The van der Waals surface area contributed by atoms with Crippen LogP contribution >= 0.6 is 141 Å². The van der Waals surface area contributed by atoms with Crippen LogP contribution < -0.4 is 18.9 Å². The summed E-state index contributed by atoms with van der Waals surface area (Å²) in [7, 11) is 0. The molecule has 0 fully saturated rings. The summed E-state index contributed by atoms with van der Waals surface area (Å²) >= 11 is 14.6. The summed E-state index contributed by atoms with van der Waals surface area (Å²) in [4.78, 5) is 5.74. The van der Waals surface area contributed by atoms with Crippen LogP contribution in [0.15, 0.2) is 203 Å². The highest BCUT2D eigenvalue weighted by atomic mass is 32.2. The first-order valence-corrected chi connectivity index (χ1v) is 28.5. The van der Waals surface area contributed by atoms with Crippen molar-refractivity contribution in [2.45, 2.75) is 85.2 Å². The fourth-order valence-electron chi connectivity index (χ4n) is 5.26. The van der Waals surface area contributed by atoms with Gasteiger partial charge >= 0.3 is 0 Å². The van der Waals surface area contributed by atoms with Crippen LogP contribution in [-0.2, 0) is 0 Å². The third-order valence-electron chi connectivity index (χ3n) is 7.23. The third kappa shape index (κ3) is 13.9.